The number of rotatable bonds is 6. The minimum absolute atomic E-state index is 0.387. The first-order chi connectivity index (χ1) is 10.1. The van der Waals surface area contributed by atoms with E-state index in [2.05, 4.69) is 24.1 Å². The second-order valence-corrected chi connectivity index (χ2v) is 5.35. The van der Waals surface area contributed by atoms with Crippen molar-refractivity contribution in [2.24, 2.45) is 0 Å². The number of aromatic nitrogens is 1. The van der Waals surface area contributed by atoms with Crippen molar-refractivity contribution in [1.82, 2.24) is 10.3 Å². The molecule has 0 radical (unpaired) electrons. The Labute approximate surface area is 130 Å². The number of benzene rings is 1. The fourth-order valence-corrected chi connectivity index (χ4v) is 1.96. The van der Waals surface area contributed by atoms with Crippen molar-refractivity contribution >= 4 is 11.6 Å². The molecule has 112 valence electrons. The van der Waals surface area contributed by atoms with Gasteiger partial charge in [-0.2, -0.15) is 0 Å². The van der Waals surface area contributed by atoms with Gasteiger partial charge in [-0.25, -0.2) is 4.98 Å². The molecule has 0 aliphatic rings. The molecule has 0 amide bonds. The average Bonchev–Trinajstić information content (AvgIpc) is 2.48. The lowest BCUT2D eigenvalue weighted by molar-refractivity contribution is 0.407. The van der Waals surface area contributed by atoms with E-state index in [-0.39, 0.29) is 0 Å². The molecule has 1 heterocycles. The third-order valence-electron chi connectivity index (χ3n) is 2.83. The molecular formula is C16H19ClN2O2. The molecule has 0 fully saturated rings. The van der Waals surface area contributed by atoms with Crippen molar-refractivity contribution in [3.63, 3.8) is 0 Å². The van der Waals surface area contributed by atoms with Crippen molar-refractivity contribution < 1.29 is 9.47 Å². The van der Waals surface area contributed by atoms with Gasteiger partial charge in [0.2, 0.25) is 5.88 Å². The Kier molecular flexibility index (Phi) is 5.42. The predicted molar refractivity (Wildman–Crippen MR) is 84.3 cm³/mol. The van der Waals surface area contributed by atoms with Gasteiger partial charge in [0, 0.05) is 24.8 Å². The van der Waals surface area contributed by atoms with Crippen LogP contribution in [-0.2, 0) is 6.54 Å². The van der Waals surface area contributed by atoms with Gasteiger partial charge in [-0.3, -0.25) is 0 Å². The molecule has 1 N–H and O–H groups in total. The molecule has 0 saturated carbocycles. The van der Waals surface area contributed by atoms with Crippen LogP contribution in [0.3, 0.4) is 0 Å². The van der Waals surface area contributed by atoms with Crippen LogP contribution in [0.1, 0.15) is 19.4 Å². The third-order valence-corrected chi connectivity index (χ3v) is 3.10. The van der Waals surface area contributed by atoms with Crippen LogP contribution in [0.4, 0.5) is 0 Å². The summed E-state index contributed by atoms with van der Waals surface area (Å²) in [5.74, 6) is 1.75. The molecule has 0 bridgehead atoms. The summed E-state index contributed by atoms with van der Waals surface area (Å²) in [6.45, 7) is 4.91. The van der Waals surface area contributed by atoms with Gasteiger partial charge in [-0.05, 0) is 23.8 Å². The number of pyridine rings is 1. The van der Waals surface area contributed by atoms with Gasteiger partial charge in [0.1, 0.15) is 16.5 Å². The van der Waals surface area contributed by atoms with Crippen molar-refractivity contribution in [1.29, 1.82) is 0 Å². The Morgan fingerprint density at radius 1 is 1.24 bits per heavy atom. The number of hydrogen-bond acceptors (Lipinski definition) is 4. The summed E-state index contributed by atoms with van der Waals surface area (Å²) < 4.78 is 10.8. The standard InChI is InChI=1S/C16H19ClN2O2/c1-11(2)18-9-12-7-15(17)16(19-10-12)21-14-6-4-5-13(8-14)20-3/h4-8,10-11,18H,9H2,1-3H3. The highest BCUT2D eigenvalue weighted by Gasteiger charge is 2.07. The van der Waals surface area contributed by atoms with Gasteiger partial charge in [-0.15, -0.1) is 0 Å². The zero-order valence-electron chi connectivity index (χ0n) is 12.4. The third kappa shape index (κ3) is 4.62. The van der Waals surface area contributed by atoms with Crippen molar-refractivity contribution in [3.05, 3.63) is 47.1 Å². The zero-order chi connectivity index (χ0) is 15.2. The van der Waals surface area contributed by atoms with E-state index in [4.69, 9.17) is 21.1 Å². The monoisotopic (exact) mass is 306 g/mol. The summed E-state index contributed by atoms with van der Waals surface area (Å²) >= 11 is 6.22. The van der Waals surface area contributed by atoms with Crippen LogP contribution in [0, 0.1) is 0 Å². The van der Waals surface area contributed by atoms with Crippen LogP contribution in [0.2, 0.25) is 5.02 Å². The fraction of sp³-hybridized carbons (Fsp3) is 0.312. The van der Waals surface area contributed by atoms with Gasteiger partial charge >= 0.3 is 0 Å². The molecule has 0 saturated heterocycles. The van der Waals surface area contributed by atoms with Crippen molar-refractivity contribution in [2.75, 3.05) is 7.11 Å². The normalized spacial score (nSPS) is 10.7. The number of ether oxygens (including phenoxy) is 2. The lowest BCUT2D eigenvalue weighted by Gasteiger charge is -2.11. The summed E-state index contributed by atoms with van der Waals surface area (Å²) in [5.41, 5.74) is 1.02. The quantitative estimate of drug-likeness (QED) is 0.875. The molecule has 1 aromatic carbocycles. The van der Waals surface area contributed by atoms with Crippen LogP contribution in [0.15, 0.2) is 36.5 Å². The van der Waals surface area contributed by atoms with E-state index < -0.39 is 0 Å². The average molecular weight is 307 g/mol. The number of halogens is 1. The van der Waals surface area contributed by atoms with Gasteiger partial charge in [0.05, 0.1) is 7.11 Å². The van der Waals surface area contributed by atoms with Crippen LogP contribution in [0.25, 0.3) is 0 Å². The molecule has 0 spiro atoms. The Bertz CT molecular complexity index is 603. The Balaban J connectivity index is 2.09. The number of hydrogen-bond donors (Lipinski definition) is 1. The second-order valence-electron chi connectivity index (χ2n) is 4.95. The molecule has 2 aromatic rings. The maximum absolute atomic E-state index is 6.22. The van der Waals surface area contributed by atoms with E-state index in [9.17, 15) is 0 Å². The summed E-state index contributed by atoms with van der Waals surface area (Å²) in [6, 6.07) is 9.59. The molecule has 0 aliphatic carbocycles. The first kappa shape index (κ1) is 15.6. The van der Waals surface area contributed by atoms with E-state index >= 15 is 0 Å². The molecule has 0 aliphatic heterocycles. The van der Waals surface area contributed by atoms with E-state index in [0.717, 1.165) is 17.9 Å². The summed E-state index contributed by atoms with van der Waals surface area (Å²) in [4.78, 5) is 4.27. The minimum Gasteiger partial charge on any atom is -0.497 e. The fourth-order valence-electron chi connectivity index (χ4n) is 1.74. The Morgan fingerprint density at radius 3 is 2.67 bits per heavy atom. The van der Waals surface area contributed by atoms with Gasteiger partial charge in [0.15, 0.2) is 0 Å². The molecule has 0 atom stereocenters. The smallest absolute Gasteiger partial charge is 0.238 e. The first-order valence-corrected chi connectivity index (χ1v) is 7.16. The molecule has 2 rings (SSSR count). The van der Waals surface area contributed by atoms with Gasteiger partial charge < -0.3 is 14.8 Å². The number of nitrogens with zero attached hydrogens (tertiary/aromatic N) is 1. The lowest BCUT2D eigenvalue weighted by Crippen LogP contribution is -2.21. The first-order valence-electron chi connectivity index (χ1n) is 6.78. The predicted octanol–water partition coefficient (Wildman–Crippen LogP) is 4.03. The number of nitrogens with one attached hydrogen (secondary N) is 1. The highest BCUT2D eigenvalue weighted by molar-refractivity contribution is 6.31. The van der Waals surface area contributed by atoms with Crippen LogP contribution >= 0.6 is 11.6 Å². The van der Waals surface area contributed by atoms with Crippen molar-refractivity contribution in [2.45, 2.75) is 26.4 Å². The second kappa shape index (κ2) is 7.29. The summed E-state index contributed by atoms with van der Waals surface area (Å²) in [6.07, 6.45) is 1.76. The molecular weight excluding hydrogens is 288 g/mol. The summed E-state index contributed by atoms with van der Waals surface area (Å²) in [7, 11) is 1.61. The van der Waals surface area contributed by atoms with E-state index in [1.54, 1.807) is 19.4 Å². The lowest BCUT2D eigenvalue weighted by atomic mass is 10.2. The van der Waals surface area contributed by atoms with Gasteiger partial charge in [0.25, 0.3) is 0 Å². The van der Waals surface area contributed by atoms with E-state index in [0.29, 0.717) is 22.7 Å². The zero-order valence-corrected chi connectivity index (χ0v) is 13.1. The topological polar surface area (TPSA) is 43.4 Å². The van der Waals surface area contributed by atoms with Crippen LogP contribution in [-0.4, -0.2) is 18.1 Å². The van der Waals surface area contributed by atoms with E-state index in [1.165, 1.54) is 0 Å². The largest absolute Gasteiger partial charge is 0.497 e. The van der Waals surface area contributed by atoms with Crippen LogP contribution in [0.5, 0.6) is 17.4 Å². The highest BCUT2D eigenvalue weighted by atomic mass is 35.5. The maximum atomic E-state index is 6.22. The van der Waals surface area contributed by atoms with E-state index in [1.807, 2.05) is 24.3 Å². The van der Waals surface area contributed by atoms with Crippen molar-refractivity contribution in [3.8, 4) is 17.4 Å². The van der Waals surface area contributed by atoms with Crippen LogP contribution < -0.4 is 14.8 Å². The molecule has 1 aromatic heterocycles. The molecule has 5 heteroatoms. The molecule has 0 unspecified atom stereocenters. The Morgan fingerprint density at radius 2 is 2.00 bits per heavy atom. The molecule has 21 heavy (non-hydrogen) atoms. The number of methoxy groups -OCH3 is 1. The summed E-state index contributed by atoms with van der Waals surface area (Å²) in [5, 5.41) is 3.80. The molecule has 4 nitrogen and oxygen atoms in total. The SMILES string of the molecule is COc1cccc(Oc2ncc(CNC(C)C)cc2Cl)c1. The van der Waals surface area contributed by atoms with Gasteiger partial charge in [-0.1, -0.05) is 31.5 Å². The Hall–Kier alpha value is -1.78. The highest BCUT2D eigenvalue weighted by Crippen LogP contribution is 2.29. The maximum Gasteiger partial charge on any atom is 0.238 e. The minimum atomic E-state index is 0.387.